The third-order valence-electron chi connectivity index (χ3n) is 4.58. The second kappa shape index (κ2) is 5.17. The smallest absolute Gasteiger partial charge is 0.00843 e. The topological polar surface area (TPSA) is 0 Å². The Morgan fingerprint density at radius 1 is 0.773 bits per heavy atom. The van der Waals surface area contributed by atoms with Crippen molar-refractivity contribution in [1.82, 2.24) is 0 Å². The van der Waals surface area contributed by atoms with Gasteiger partial charge in [-0.1, -0.05) is 37.3 Å². The molecule has 0 radical (unpaired) electrons. The summed E-state index contributed by atoms with van der Waals surface area (Å²) >= 11 is 1.96. The van der Waals surface area contributed by atoms with E-state index in [9.17, 15) is 0 Å². The number of aryl methyl sites for hydroxylation is 2. The van der Waals surface area contributed by atoms with Crippen molar-refractivity contribution in [3.8, 4) is 0 Å². The van der Waals surface area contributed by atoms with Crippen molar-refractivity contribution in [2.75, 3.05) is 5.75 Å². The Kier molecular flexibility index (Phi) is 3.27. The van der Waals surface area contributed by atoms with Crippen LogP contribution >= 0.6 is 11.8 Å². The van der Waals surface area contributed by atoms with Gasteiger partial charge in [0, 0.05) is 4.90 Å². The molecule has 0 N–H and O–H groups in total. The first-order chi connectivity index (χ1) is 10.7. The molecular formula is C21H20S. The fourth-order valence-corrected chi connectivity index (χ4v) is 4.44. The van der Waals surface area contributed by atoms with Gasteiger partial charge in [-0.3, -0.25) is 0 Å². The Bertz CT molecular complexity index is 912. The van der Waals surface area contributed by atoms with E-state index in [0.717, 1.165) is 0 Å². The average molecular weight is 304 g/mol. The monoisotopic (exact) mass is 304 g/mol. The number of hydrogen-bond donors (Lipinski definition) is 0. The van der Waals surface area contributed by atoms with Gasteiger partial charge in [-0.25, -0.2) is 0 Å². The molecular weight excluding hydrogens is 284 g/mol. The minimum absolute atomic E-state index is 1.19. The molecule has 0 aliphatic carbocycles. The highest BCUT2D eigenvalue weighted by Gasteiger charge is 2.12. The van der Waals surface area contributed by atoms with Crippen LogP contribution in [0.5, 0.6) is 0 Å². The van der Waals surface area contributed by atoms with E-state index in [-0.39, 0.29) is 0 Å². The number of thioether (sulfide) groups is 1. The lowest BCUT2D eigenvalue weighted by Crippen LogP contribution is -1.89. The molecule has 0 spiro atoms. The summed E-state index contributed by atoms with van der Waals surface area (Å²) in [6.45, 7) is 6.69. The molecule has 0 heterocycles. The molecule has 0 bridgehead atoms. The van der Waals surface area contributed by atoms with Gasteiger partial charge in [0.25, 0.3) is 0 Å². The molecule has 0 unspecified atom stereocenters. The van der Waals surface area contributed by atoms with Crippen molar-refractivity contribution in [3.05, 3.63) is 53.6 Å². The van der Waals surface area contributed by atoms with E-state index in [4.69, 9.17) is 0 Å². The van der Waals surface area contributed by atoms with Crippen molar-refractivity contribution >= 4 is 44.1 Å². The normalized spacial score (nSPS) is 12.0. The largest absolute Gasteiger partial charge is 0.126 e. The van der Waals surface area contributed by atoms with Crippen LogP contribution < -0.4 is 0 Å². The SMILES string of the molecule is CCCSc1cc2ccc3c(C)cc(C)c4ccc(c1)c2c34. The summed E-state index contributed by atoms with van der Waals surface area (Å²) < 4.78 is 0. The minimum atomic E-state index is 1.19. The van der Waals surface area contributed by atoms with E-state index in [1.165, 1.54) is 60.5 Å². The van der Waals surface area contributed by atoms with E-state index >= 15 is 0 Å². The van der Waals surface area contributed by atoms with E-state index in [2.05, 4.69) is 63.2 Å². The average Bonchev–Trinajstić information content (AvgIpc) is 2.52. The third kappa shape index (κ3) is 1.99. The van der Waals surface area contributed by atoms with E-state index < -0.39 is 0 Å². The highest BCUT2D eigenvalue weighted by molar-refractivity contribution is 7.99. The van der Waals surface area contributed by atoms with E-state index in [1.807, 2.05) is 11.8 Å². The van der Waals surface area contributed by atoms with Crippen LogP contribution in [0.2, 0.25) is 0 Å². The van der Waals surface area contributed by atoms with Gasteiger partial charge >= 0.3 is 0 Å². The fourth-order valence-electron chi connectivity index (χ4n) is 3.58. The van der Waals surface area contributed by atoms with Crippen molar-refractivity contribution in [2.24, 2.45) is 0 Å². The van der Waals surface area contributed by atoms with Gasteiger partial charge in [0.15, 0.2) is 0 Å². The molecule has 0 amide bonds. The minimum Gasteiger partial charge on any atom is -0.126 e. The van der Waals surface area contributed by atoms with Gasteiger partial charge in [-0.15, -0.1) is 11.8 Å². The first kappa shape index (κ1) is 13.9. The summed E-state index contributed by atoms with van der Waals surface area (Å²) in [6, 6.07) is 16.2. The summed E-state index contributed by atoms with van der Waals surface area (Å²) in [5.41, 5.74) is 2.76. The first-order valence-corrected chi connectivity index (χ1v) is 8.99. The van der Waals surface area contributed by atoms with Crippen molar-refractivity contribution in [3.63, 3.8) is 0 Å². The molecule has 0 saturated carbocycles. The lowest BCUT2D eigenvalue weighted by molar-refractivity contribution is 1.10. The van der Waals surface area contributed by atoms with Gasteiger partial charge in [-0.2, -0.15) is 0 Å². The van der Waals surface area contributed by atoms with Gasteiger partial charge in [-0.05, 0) is 81.6 Å². The number of benzene rings is 4. The van der Waals surface area contributed by atoms with Gasteiger partial charge < -0.3 is 0 Å². The van der Waals surface area contributed by atoms with Gasteiger partial charge in [0.2, 0.25) is 0 Å². The molecule has 0 atom stereocenters. The van der Waals surface area contributed by atoms with Crippen molar-refractivity contribution in [2.45, 2.75) is 32.1 Å². The zero-order chi connectivity index (χ0) is 15.3. The summed E-state index contributed by atoms with van der Waals surface area (Å²) in [6.07, 6.45) is 1.22. The highest BCUT2D eigenvalue weighted by Crippen LogP contribution is 2.39. The molecule has 0 nitrogen and oxygen atoms in total. The molecule has 0 fully saturated rings. The number of hydrogen-bond acceptors (Lipinski definition) is 1. The Morgan fingerprint density at radius 2 is 1.36 bits per heavy atom. The zero-order valence-electron chi connectivity index (χ0n) is 13.4. The second-order valence-electron chi connectivity index (χ2n) is 6.20. The Balaban J connectivity index is 2.12. The molecule has 110 valence electrons. The summed E-state index contributed by atoms with van der Waals surface area (Å²) in [4.78, 5) is 1.39. The lowest BCUT2D eigenvalue weighted by Gasteiger charge is -2.15. The van der Waals surface area contributed by atoms with E-state index in [0.29, 0.717) is 0 Å². The fraction of sp³-hybridized carbons (Fsp3) is 0.238. The molecule has 22 heavy (non-hydrogen) atoms. The predicted molar refractivity (Wildman–Crippen MR) is 101 cm³/mol. The molecule has 1 heteroatoms. The predicted octanol–water partition coefficient (Wildman–Crippen LogP) is 6.70. The molecule has 4 aromatic rings. The van der Waals surface area contributed by atoms with Crippen LogP contribution in [0.1, 0.15) is 24.5 Å². The van der Waals surface area contributed by atoms with Crippen LogP contribution in [0.3, 0.4) is 0 Å². The Hall–Kier alpha value is -1.73. The van der Waals surface area contributed by atoms with Crippen molar-refractivity contribution < 1.29 is 0 Å². The maximum Gasteiger partial charge on any atom is 0.00843 e. The molecule has 0 aromatic heterocycles. The standard InChI is InChI=1S/C21H20S/c1-4-9-22-17-11-15-5-7-18-13(2)10-14(3)19-8-6-16(12-17)20(15)21(18)19/h5-8,10-12H,4,9H2,1-3H3. The van der Waals surface area contributed by atoms with Crippen LogP contribution in [-0.4, -0.2) is 5.75 Å². The molecule has 4 rings (SSSR count). The molecule has 0 aliphatic heterocycles. The Morgan fingerprint density at radius 3 is 1.91 bits per heavy atom. The number of rotatable bonds is 3. The second-order valence-corrected chi connectivity index (χ2v) is 7.37. The molecule has 0 saturated heterocycles. The van der Waals surface area contributed by atoms with Crippen molar-refractivity contribution in [1.29, 1.82) is 0 Å². The highest BCUT2D eigenvalue weighted by atomic mass is 32.2. The van der Waals surface area contributed by atoms with E-state index in [1.54, 1.807) is 0 Å². The lowest BCUT2D eigenvalue weighted by atomic mass is 9.90. The third-order valence-corrected chi connectivity index (χ3v) is 5.76. The van der Waals surface area contributed by atoms with Gasteiger partial charge in [0.05, 0.1) is 0 Å². The maximum atomic E-state index is 2.36. The quantitative estimate of drug-likeness (QED) is 0.299. The van der Waals surface area contributed by atoms with Crippen LogP contribution in [0, 0.1) is 13.8 Å². The summed E-state index contributed by atoms with van der Waals surface area (Å²) in [5, 5.41) is 8.42. The molecule has 0 aliphatic rings. The summed E-state index contributed by atoms with van der Waals surface area (Å²) in [5.74, 6) is 1.19. The van der Waals surface area contributed by atoms with Crippen LogP contribution in [0.4, 0.5) is 0 Å². The summed E-state index contributed by atoms with van der Waals surface area (Å²) in [7, 11) is 0. The van der Waals surface area contributed by atoms with Crippen LogP contribution in [-0.2, 0) is 0 Å². The van der Waals surface area contributed by atoms with Crippen LogP contribution in [0.15, 0.2) is 47.4 Å². The van der Waals surface area contributed by atoms with Crippen LogP contribution in [0.25, 0.3) is 32.3 Å². The Labute approximate surface area is 135 Å². The molecule has 4 aromatic carbocycles. The zero-order valence-corrected chi connectivity index (χ0v) is 14.2. The van der Waals surface area contributed by atoms with Gasteiger partial charge in [0.1, 0.15) is 0 Å². The maximum absolute atomic E-state index is 2.36. The first-order valence-electron chi connectivity index (χ1n) is 8.00.